The Labute approximate surface area is 135 Å². The Hall–Kier alpha value is -0.840. The summed E-state index contributed by atoms with van der Waals surface area (Å²) in [4.78, 5) is 14.2. The van der Waals surface area contributed by atoms with Crippen molar-refractivity contribution in [2.45, 2.75) is 19.3 Å². The lowest BCUT2D eigenvalue weighted by Crippen LogP contribution is -2.44. The van der Waals surface area contributed by atoms with E-state index in [1.54, 1.807) is 11.0 Å². The highest BCUT2D eigenvalue weighted by atomic mass is 35.5. The summed E-state index contributed by atoms with van der Waals surface area (Å²) < 4.78 is 13.4. The molecule has 0 aromatic heterocycles. The van der Waals surface area contributed by atoms with Crippen LogP contribution in [-0.2, 0) is 0 Å². The van der Waals surface area contributed by atoms with Crippen molar-refractivity contribution < 1.29 is 9.18 Å². The van der Waals surface area contributed by atoms with Crippen LogP contribution in [0.5, 0.6) is 0 Å². The molecule has 1 aromatic carbocycles. The van der Waals surface area contributed by atoms with Gasteiger partial charge in [0.1, 0.15) is 5.82 Å². The molecule has 1 aromatic rings. The smallest absolute Gasteiger partial charge is 0.255 e. The molecule has 0 saturated carbocycles. The minimum Gasteiger partial charge on any atom is -0.339 e. The average Bonchev–Trinajstić information content (AvgIpc) is 2.90. The second-order valence-corrected chi connectivity index (χ2v) is 6.20. The van der Waals surface area contributed by atoms with Gasteiger partial charge in [-0.05, 0) is 43.4 Å². The molecule has 1 spiro atoms. The molecular formula is C15H19Cl2FN2O. The summed E-state index contributed by atoms with van der Waals surface area (Å²) in [6.07, 6.45) is 3.22. The van der Waals surface area contributed by atoms with Gasteiger partial charge in [-0.1, -0.05) is 17.7 Å². The second kappa shape index (κ2) is 6.51. The maximum absolute atomic E-state index is 13.4. The van der Waals surface area contributed by atoms with Crippen molar-refractivity contribution in [3.05, 3.63) is 34.6 Å². The largest absolute Gasteiger partial charge is 0.339 e. The highest BCUT2D eigenvalue weighted by Gasteiger charge is 2.38. The van der Waals surface area contributed by atoms with Crippen LogP contribution in [0.15, 0.2) is 18.2 Å². The monoisotopic (exact) mass is 332 g/mol. The van der Waals surface area contributed by atoms with Gasteiger partial charge in [-0.2, -0.15) is 0 Å². The lowest BCUT2D eigenvalue weighted by atomic mass is 9.78. The summed E-state index contributed by atoms with van der Waals surface area (Å²) in [5.41, 5.74) is 0.634. The third-order valence-corrected chi connectivity index (χ3v) is 5.01. The number of benzene rings is 1. The maximum atomic E-state index is 13.4. The zero-order valence-corrected chi connectivity index (χ0v) is 13.3. The van der Waals surface area contributed by atoms with E-state index in [-0.39, 0.29) is 28.9 Å². The Bertz CT molecular complexity index is 522. The van der Waals surface area contributed by atoms with Crippen LogP contribution in [0.4, 0.5) is 4.39 Å². The van der Waals surface area contributed by atoms with E-state index in [4.69, 9.17) is 11.6 Å². The van der Waals surface area contributed by atoms with Crippen molar-refractivity contribution in [3.63, 3.8) is 0 Å². The van der Waals surface area contributed by atoms with Gasteiger partial charge in [-0.15, -0.1) is 12.4 Å². The van der Waals surface area contributed by atoms with Crippen LogP contribution in [0.25, 0.3) is 0 Å². The van der Waals surface area contributed by atoms with Crippen molar-refractivity contribution in [1.29, 1.82) is 0 Å². The fourth-order valence-electron chi connectivity index (χ4n) is 3.25. The maximum Gasteiger partial charge on any atom is 0.255 e. The molecule has 0 radical (unpaired) electrons. The first-order valence-corrected chi connectivity index (χ1v) is 7.43. The topological polar surface area (TPSA) is 32.3 Å². The number of likely N-dealkylation sites (tertiary alicyclic amines) is 1. The first-order valence-electron chi connectivity index (χ1n) is 7.05. The number of piperidine rings is 1. The van der Waals surface area contributed by atoms with Gasteiger partial charge in [-0.3, -0.25) is 4.79 Å². The first kappa shape index (κ1) is 16.5. The summed E-state index contributed by atoms with van der Waals surface area (Å²) >= 11 is 5.90. The SMILES string of the molecule is Cl.O=C(c1cccc(F)c1Cl)N1CCC2(CCNC2)CC1. The number of hydrogen-bond acceptors (Lipinski definition) is 2. The van der Waals surface area contributed by atoms with Crippen molar-refractivity contribution >= 4 is 29.9 Å². The number of amides is 1. The molecule has 0 atom stereocenters. The molecule has 2 heterocycles. The normalized spacial score (nSPS) is 20.4. The van der Waals surface area contributed by atoms with Crippen LogP contribution >= 0.6 is 24.0 Å². The predicted molar refractivity (Wildman–Crippen MR) is 83.7 cm³/mol. The van der Waals surface area contributed by atoms with Gasteiger partial charge in [0.2, 0.25) is 0 Å². The zero-order valence-electron chi connectivity index (χ0n) is 11.7. The molecule has 1 N–H and O–H groups in total. The number of nitrogens with zero attached hydrogens (tertiary/aromatic N) is 1. The average molecular weight is 333 g/mol. The third-order valence-electron chi connectivity index (χ3n) is 4.63. The minimum absolute atomic E-state index is 0. The van der Waals surface area contributed by atoms with E-state index in [2.05, 4.69) is 5.32 Å². The fraction of sp³-hybridized carbons (Fsp3) is 0.533. The highest BCUT2D eigenvalue weighted by molar-refractivity contribution is 6.34. The molecule has 2 saturated heterocycles. The quantitative estimate of drug-likeness (QED) is 0.856. The molecule has 21 heavy (non-hydrogen) atoms. The van der Waals surface area contributed by atoms with E-state index in [1.807, 2.05) is 0 Å². The van der Waals surface area contributed by atoms with E-state index in [1.165, 1.54) is 18.6 Å². The number of hydrogen-bond donors (Lipinski definition) is 1. The summed E-state index contributed by atoms with van der Waals surface area (Å²) in [5.74, 6) is -0.693. The summed E-state index contributed by atoms with van der Waals surface area (Å²) in [6.45, 7) is 3.58. The van der Waals surface area contributed by atoms with Crippen LogP contribution in [0.3, 0.4) is 0 Å². The molecule has 0 unspecified atom stereocenters. The number of nitrogens with one attached hydrogen (secondary N) is 1. The molecular weight excluding hydrogens is 314 g/mol. The fourth-order valence-corrected chi connectivity index (χ4v) is 3.45. The Morgan fingerprint density at radius 2 is 2.00 bits per heavy atom. The van der Waals surface area contributed by atoms with Gasteiger partial charge in [0.25, 0.3) is 5.91 Å². The Morgan fingerprint density at radius 3 is 2.62 bits per heavy atom. The highest BCUT2D eigenvalue weighted by Crippen LogP contribution is 2.37. The molecule has 0 bridgehead atoms. The zero-order chi connectivity index (χ0) is 14.2. The molecule has 2 fully saturated rings. The van der Waals surface area contributed by atoms with E-state index in [9.17, 15) is 9.18 Å². The molecule has 0 aliphatic carbocycles. The molecule has 6 heteroatoms. The summed E-state index contributed by atoms with van der Waals surface area (Å²) in [7, 11) is 0. The number of rotatable bonds is 1. The Kier molecular flexibility index (Phi) is 5.12. The Balaban J connectivity index is 0.00000161. The molecule has 3 nitrogen and oxygen atoms in total. The third kappa shape index (κ3) is 3.17. The van der Waals surface area contributed by atoms with Crippen molar-refractivity contribution in [2.24, 2.45) is 5.41 Å². The predicted octanol–water partition coefficient (Wildman–Crippen LogP) is 3.12. The summed E-state index contributed by atoms with van der Waals surface area (Å²) in [6, 6.07) is 4.39. The van der Waals surface area contributed by atoms with Crippen LogP contribution in [-0.4, -0.2) is 37.0 Å². The number of carbonyl (C=O) groups is 1. The van der Waals surface area contributed by atoms with Crippen molar-refractivity contribution in [1.82, 2.24) is 10.2 Å². The van der Waals surface area contributed by atoms with E-state index >= 15 is 0 Å². The lowest BCUT2D eigenvalue weighted by Gasteiger charge is -2.39. The van der Waals surface area contributed by atoms with Gasteiger partial charge in [-0.25, -0.2) is 4.39 Å². The van der Waals surface area contributed by atoms with Gasteiger partial charge >= 0.3 is 0 Å². The van der Waals surface area contributed by atoms with E-state index in [0.717, 1.165) is 39.0 Å². The van der Waals surface area contributed by atoms with E-state index in [0.29, 0.717) is 5.41 Å². The van der Waals surface area contributed by atoms with Crippen LogP contribution < -0.4 is 5.32 Å². The standard InChI is InChI=1S/C15H18ClFN2O.ClH/c16-13-11(2-1-3-12(13)17)14(20)19-8-5-15(6-9-19)4-7-18-10-15;/h1-3,18H,4-10H2;1H. The van der Waals surface area contributed by atoms with Crippen molar-refractivity contribution in [3.8, 4) is 0 Å². The number of halogens is 3. The molecule has 116 valence electrons. The molecule has 3 rings (SSSR count). The number of carbonyl (C=O) groups excluding carboxylic acids is 1. The molecule has 2 aliphatic heterocycles. The van der Waals surface area contributed by atoms with Gasteiger partial charge in [0, 0.05) is 19.6 Å². The van der Waals surface area contributed by atoms with Gasteiger partial charge in [0.15, 0.2) is 0 Å². The lowest BCUT2D eigenvalue weighted by molar-refractivity contribution is 0.0607. The molecule has 2 aliphatic rings. The first-order chi connectivity index (χ1) is 9.61. The van der Waals surface area contributed by atoms with Gasteiger partial charge in [0.05, 0.1) is 10.6 Å². The summed E-state index contributed by atoms with van der Waals surface area (Å²) in [5, 5.41) is 3.33. The van der Waals surface area contributed by atoms with Crippen LogP contribution in [0.2, 0.25) is 5.02 Å². The minimum atomic E-state index is -0.536. The van der Waals surface area contributed by atoms with Gasteiger partial charge < -0.3 is 10.2 Å². The Morgan fingerprint density at radius 1 is 1.29 bits per heavy atom. The van der Waals surface area contributed by atoms with Crippen molar-refractivity contribution in [2.75, 3.05) is 26.2 Å². The van der Waals surface area contributed by atoms with Crippen LogP contribution in [0, 0.1) is 11.2 Å². The van der Waals surface area contributed by atoms with E-state index < -0.39 is 5.82 Å². The second-order valence-electron chi connectivity index (χ2n) is 5.82. The van der Waals surface area contributed by atoms with Crippen LogP contribution in [0.1, 0.15) is 29.6 Å². The molecule has 1 amide bonds.